The highest BCUT2D eigenvalue weighted by Crippen LogP contribution is 1.97. The van der Waals surface area contributed by atoms with Gasteiger partial charge in [0.25, 0.3) is 0 Å². The van der Waals surface area contributed by atoms with Gasteiger partial charge in [0.2, 0.25) is 0 Å². The molecule has 64 valence electrons. The second kappa shape index (κ2) is 6.35. The maximum Gasteiger partial charge on any atom is 0.0814 e. The molecular weight excluding hydrogens is 154 g/mol. The van der Waals surface area contributed by atoms with Gasteiger partial charge in [0.05, 0.1) is 4.99 Å². The van der Waals surface area contributed by atoms with Crippen LogP contribution in [-0.2, 0) is 0 Å². The number of unbranched alkanes of at least 4 members (excludes halogenated alkanes) is 1. The molecule has 0 unspecified atom stereocenters. The van der Waals surface area contributed by atoms with Crippen LogP contribution >= 0.6 is 12.2 Å². The molecule has 0 aromatic carbocycles. The Labute approximate surface area is 75.1 Å². The zero-order chi connectivity index (χ0) is 8.69. The van der Waals surface area contributed by atoms with E-state index in [9.17, 15) is 0 Å². The van der Waals surface area contributed by atoms with Crippen molar-refractivity contribution < 1.29 is 0 Å². The van der Waals surface area contributed by atoms with Crippen molar-refractivity contribution in [3.05, 3.63) is 12.7 Å². The van der Waals surface area contributed by atoms with E-state index in [0.717, 1.165) is 18.0 Å². The Morgan fingerprint density at radius 3 is 2.73 bits per heavy atom. The Morgan fingerprint density at radius 2 is 2.27 bits per heavy atom. The molecular formula is C9H17NS. The molecule has 0 rings (SSSR count). The van der Waals surface area contributed by atoms with Crippen LogP contribution in [0.3, 0.4) is 0 Å². The lowest BCUT2D eigenvalue weighted by atomic mass is 10.3. The van der Waals surface area contributed by atoms with E-state index in [-0.39, 0.29) is 0 Å². The van der Waals surface area contributed by atoms with Crippen LogP contribution < -0.4 is 0 Å². The summed E-state index contributed by atoms with van der Waals surface area (Å²) in [7, 11) is 2.04. The molecule has 0 aliphatic rings. The van der Waals surface area contributed by atoms with Gasteiger partial charge < -0.3 is 4.90 Å². The lowest BCUT2D eigenvalue weighted by Gasteiger charge is -2.18. The van der Waals surface area contributed by atoms with Gasteiger partial charge in [-0.25, -0.2) is 0 Å². The molecule has 0 aromatic rings. The smallest absolute Gasteiger partial charge is 0.0814 e. The molecule has 0 saturated heterocycles. The molecule has 0 saturated carbocycles. The van der Waals surface area contributed by atoms with Gasteiger partial charge >= 0.3 is 0 Å². The van der Waals surface area contributed by atoms with Gasteiger partial charge in [0.15, 0.2) is 0 Å². The molecule has 0 N–H and O–H groups in total. The monoisotopic (exact) mass is 171 g/mol. The highest BCUT2D eigenvalue weighted by Gasteiger charge is 1.99. The minimum absolute atomic E-state index is 0.829. The topological polar surface area (TPSA) is 3.24 Å². The summed E-state index contributed by atoms with van der Waals surface area (Å²) in [4.78, 5) is 3.12. The average molecular weight is 171 g/mol. The van der Waals surface area contributed by atoms with Crippen LogP contribution in [0, 0.1) is 0 Å². The lowest BCUT2D eigenvalue weighted by molar-refractivity contribution is 0.487. The summed E-state index contributed by atoms with van der Waals surface area (Å²) in [5.41, 5.74) is 0. The summed E-state index contributed by atoms with van der Waals surface area (Å²) in [6.07, 6.45) is 5.12. The molecule has 0 fully saturated rings. The molecule has 0 radical (unpaired) electrons. The van der Waals surface area contributed by atoms with Gasteiger partial charge in [0.1, 0.15) is 0 Å². The number of thiocarbonyl (C=S) groups is 1. The Balaban J connectivity index is 3.54. The van der Waals surface area contributed by atoms with E-state index in [4.69, 9.17) is 12.2 Å². The van der Waals surface area contributed by atoms with E-state index in [1.54, 1.807) is 0 Å². The third-order valence-electron chi connectivity index (χ3n) is 1.59. The normalized spacial score (nSPS) is 9.27. The van der Waals surface area contributed by atoms with Gasteiger partial charge in [-0.15, -0.1) is 6.58 Å². The van der Waals surface area contributed by atoms with Crippen molar-refractivity contribution in [2.24, 2.45) is 0 Å². The van der Waals surface area contributed by atoms with Crippen LogP contribution in [0.5, 0.6) is 0 Å². The lowest BCUT2D eigenvalue weighted by Crippen LogP contribution is -2.25. The summed E-state index contributed by atoms with van der Waals surface area (Å²) in [5.74, 6) is 0. The fraction of sp³-hybridized carbons (Fsp3) is 0.667. The molecule has 0 aliphatic heterocycles. The van der Waals surface area contributed by atoms with Gasteiger partial charge in [-0.05, 0) is 6.42 Å². The first-order valence-electron chi connectivity index (χ1n) is 4.07. The summed E-state index contributed by atoms with van der Waals surface area (Å²) < 4.78 is 0. The van der Waals surface area contributed by atoms with Crippen molar-refractivity contribution in [1.29, 1.82) is 0 Å². The van der Waals surface area contributed by atoms with Crippen molar-refractivity contribution in [2.75, 3.05) is 13.6 Å². The molecule has 0 spiro atoms. The quantitative estimate of drug-likeness (QED) is 0.462. The number of nitrogens with zero attached hydrogens (tertiary/aromatic N) is 1. The first-order valence-corrected chi connectivity index (χ1v) is 4.48. The van der Waals surface area contributed by atoms with Gasteiger partial charge in [-0.3, -0.25) is 0 Å². The third-order valence-corrected chi connectivity index (χ3v) is 2.07. The van der Waals surface area contributed by atoms with Gasteiger partial charge in [-0.1, -0.05) is 31.6 Å². The standard InChI is InChI=1S/C9H17NS/c1-4-6-8-10(3)9(11)7-5-2/h5H,2,4,6-8H2,1,3H3. The van der Waals surface area contributed by atoms with Crippen molar-refractivity contribution in [3.8, 4) is 0 Å². The van der Waals surface area contributed by atoms with Crippen molar-refractivity contribution in [1.82, 2.24) is 4.90 Å². The predicted octanol–water partition coefficient (Wildman–Crippen LogP) is 2.62. The second-order valence-corrected chi connectivity index (χ2v) is 3.13. The third kappa shape index (κ3) is 4.96. The second-order valence-electron chi connectivity index (χ2n) is 2.66. The van der Waals surface area contributed by atoms with Crippen molar-refractivity contribution in [3.63, 3.8) is 0 Å². The van der Waals surface area contributed by atoms with Crippen molar-refractivity contribution >= 4 is 17.2 Å². The Kier molecular flexibility index (Phi) is 6.13. The maximum absolute atomic E-state index is 5.14. The molecule has 0 atom stereocenters. The van der Waals surface area contributed by atoms with Crippen LogP contribution in [0.4, 0.5) is 0 Å². The SMILES string of the molecule is C=CCC(=S)N(C)CCCC. The zero-order valence-corrected chi connectivity index (χ0v) is 8.28. The summed E-state index contributed by atoms with van der Waals surface area (Å²) in [6.45, 7) is 6.91. The first-order chi connectivity index (χ1) is 5.22. The fourth-order valence-electron chi connectivity index (χ4n) is 0.799. The molecule has 11 heavy (non-hydrogen) atoms. The Morgan fingerprint density at radius 1 is 1.64 bits per heavy atom. The molecule has 0 amide bonds. The van der Waals surface area contributed by atoms with Gasteiger partial charge in [-0.2, -0.15) is 0 Å². The largest absolute Gasteiger partial charge is 0.369 e. The van der Waals surface area contributed by atoms with E-state index in [1.807, 2.05) is 13.1 Å². The Bertz CT molecular complexity index is 132. The molecule has 0 bridgehead atoms. The molecule has 1 nitrogen and oxygen atoms in total. The van der Waals surface area contributed by atoms with E-state index < -0.39 is 0 Å². The van der Waals surface area contributed by atoms with Crippen LogP contribution in [0.15, 0.2) is 12.7 Å². The van der Waals surface area contributed by atoms with E-state index in [2.05, 4.69) is 18.4 Å². The predicted molar refractivity (Wildman–Crippen MR) is 55.0 cm³/mol. The fourth-order valence-corrected chi connectivity index (χ4v) is 1.01. The maximum atomic E-state index is 5.14. The molecule has 0 heterocycles. The van der Waals surface area contributed by atoms with Gasteiger partial charge in [0, 0.05) is 20.0 Å². The van der Waals surface area contributed by atoms with E-state index in [0.29, 0.717) is 0 Å². The highest BCUT2D eigenvalue weighted by atomic mass is 32.1. The number of hydrogen-bond donors (Lipinski definition) is 0. The summed E-state index contributed by atoms with van der Waals surface area (Å²) in [6, 6.07) is 0. The van der Waals surface area contributed by atoms with Crippen LogP contribution in [0.25, 0.3) is 0 Å². The minimum Gasteiger partial charge on any atom is -0.369 e. The van der Waals surface area contributed by atoms with E-state index >= 15 is 0 Å². The number of rotatable bonds is 5. The summed E-state index contributed by atoms with van der Waals surface area (Å²) >= 11 is 5.14. The average Bonchev–Trinajstić information content (AvgIpc) is 2.00. The van der Waals surface area contributed by atoms with Crippen LogP contribution in [-0.4, -0.2) is 23.5 Å². The Hall–Kier alpha value is -0.370. The molecule has 0 aliphatic carbocycles. The minimum atomic E-state index is 0.829. The number of hydrogen-bond acceptors (Lipinski definition) is 1. The first kappa shape index (κ1) is 10.6. The summed E-state index contributed by atoms with van der Waals surface area (Å²) in [5, 5.41) is 0. The zero-order valence-electron chi connectivity index (χ0n) is 7.47. The van der Waals surface area contributed by atoms with Crippen molar-refractivity contribution in [2.45, 2.75) is 26.2 Å². The molecule has 2 heteroatoms. The van der Waals surface area contributed by atoms with Crippen LogP contribution in [0.1, 0.15) is 26.2 Å². The molecule has 0 aromatic heterocycles. The highest BCUT2D eigenvalue weighted by molar-refractivity contribution is 7.80. The van der Waals surface area contributed by atoms with Crippen LogP contribution in [0.2, 0.25) is 0 Å². The van der Waals surface area contributed by atoms with E-state index in [1.165, 1.54) is 12.8 Å².